The summed E-state index contributed by atoms with van der Waals surface area (Å²) in [5, 5.41) is 23.8. The molecule has 0 aliphatic rings. The van der Waals surface area contributed by atoms with Crippen LogP contribution in [-0.4, -0.2) is 4.57 Å². The van der Waals surface area contributed by atoms with Gasteiger partial charge >= 0.3 is 0 Å². The molecule has 0 unspecified atom stereocenters. The van der Waals surface area contributed by atoms with Gasteiger partial charge in [0.05, 0.1) is 34.3 Å². The van der Waals surface area contributed by atoms with Crippen LogP contribution >= 0.6 is 0 Å². The zero-order valence-corrected chi connectivity index (χ0v) is 17.7. The van der Waals surface area contributed by atoms with E-state index in [9.17, 15) is 10.5 Å². The van der Waals surface area contributed by atoms with Gasteiger partial charge in [-0.15, -0.1) is 0 Å². The van der Waals surface area contributed by atoms with Crippen LogP contribution in [0.2, 0.25) is 0 Å². The van der Waals surface area contributed by atoms with Crippen LogP contribution in [0.1, 0.15) is 11.1 Å². The first-order valence-corrected chi connectivity index (χ1v) is 10.7. The zero-order chi connectivity index (χ0) is 22.4. The van der Waals surface area contributed by atoms with Gasteiger partial charge in [0.1, 0.15) is 0 Å². The van der Waals surface area contributed by atoms with Crippen LogP contribution in [0.5, 0.6) is 0 Å². The van der Waals surface area contributed by atoms with Gasteiger partial charge in [0.2, 0.25) is 0 Å². The van der Waals surface area contributed by atoms with Gasteiger partial charge in [-0.1, -0.05) is 66.7 Å². The van der Waals surface area contributed by atoms with Crippen LogP contribution in [0.15, 0.2) is 103 Å². The number of fused-ring (bicyclic) bond motifs is 5. The van der Waals surface area contributed by atoms with Crippen molar-refractivity contribution in [3.05, 3.63) is 114 Å². The minimum atomic E-state index is 0.473. The van der Waals surface area contributed by atoms with E-state index in [0.717, 1.165) is 27.7 Å². The molecule has 0 radical (unpaired) electrons. The Morgan fingerprint density at radius 3 is 2.00 bits per heavy atom. The molecule has 33 heavy (non-hydrogen) atoms. The molecule has 0 spiro atoms. The standard InChI is InChI=1S/C30H17N3/c31-18-20-14-21(19-32)16-25(15-20)33-28-12-11-24(22-6-2-1-3-7-22)17-27(28)30-26-9-5-4-8-23(26)10-13-29(30)33/h1-17H. The fourth-order valence-corrected chi connectivity index (χ4v) is 4.75. The van der Waals surface area contributed by atoms with Crippen LogP contribution in [0.3, 0.4) is 0 Å². The lowest BCUT2D eigenvalue weighted by atomic mass is 10.0. The summed E-state index contributed by atoms with van der Waals surface area (Å²) in [4.78, 5) is 0. The molecular formula is C30H17N3. The minimum absolute atomic E-state index is 0.473. The average Bonchev–Trinajstić information content (AvgIpc) is 3.23. The molecule has 0 saturated heterocycles. The van der Waals surface area contributed by atoms with Crippen LogP contribution in [-0.2, 0) is 0 Å². The first-order chi connectivity index (χ1) is 16.3. The highest BCUT2D eigenvalue weighted by Gasteiger charge is 2.16. The molecule has 5 aromatic carbocycles. The summed E-state index contributed by atoms with van der Waals surface area (Å²) < 4.78 is 2.16. The zero-order valence-electron chi connectivity index (χ0n) is 17.7. The second kappa shape index (κ2) is 7.38. The molecular weight excluding hydrogens is 402 g/mol. The number of rotatable bonds is 2. The highest BCUT2D eigenvalue weighted by Crippen LogP contribution is 2.38. The largest absolute Gasteiger partial charge is 0.309 e. The Labute approximate surface area is 191 Å². The van der Waals surface area contributed by atoms with Crippen molar-refractivity contribution in [3.8, 4) is 29.0 Å². The third-order valence-electron chi connectivity index (χ3n) is 6.20. The maximum Gasteiger partial charge on any atom is 0.0992 e. The molecule has 0 N–H and O–H groups in total. The maximum atomic E-state index is 9.54. The van der Waals surface area contributed by atoms with E-state index in [-0.39, 0.29) is 0 Å². The van der Waals surface area contributed by atoms with Crippen LogP contribution in [0.4, 0.5) is 0 Å². The van der Waals surface area contributed by atoms with Gasteiger partial charge in [-0.05, 0) is 58.3 Å². The van der Waals surface area contributed by atoms with Crippen molar-refractivity contribution in [2.24, 2.45) is 0 Å². The molecule has 0 bridgehead atoms. The molecule has 6 aromatic rings. The van der Waals surface area contributed by atoms with Crippen molar-refractivity contribution >= 4 is 32.6 Å². The highest BCUT2D eigenvalue weighted by molar-refractivity contribution is 6.21. The number of benzene rings is 5. The van der Waals surface area contributed by atoms with Crippen molar-refractivity contribution in [1.29, 1.82) is 10.5 Å². The van der Waals surface area contributed by atoms with Crippen molar-refractivity contribution in [1.82, 2.24) is 4.57 Å². The molecule has 1 aromatic heterocycles. The first-order valence-electron chi connectivity index (χ1n) is 10.7. The van der Waals surface area contributed by atoms with Crippen molar-refractivity contribution in [2.75, 3.05) is 0 Å². The summed E-state index contributed by atoms with van der Waals surface area (Å²) in [5.41, 5.74) is 6.17. The van der Waals surface area contributed by atoms with Crippen LogP contribution in [0.25, 0.3) is 49.4 Å². The summed E-state index contributed by atoms with van der Waals surface area (Å²) in [7, 11) is 0. The Hall–Kier alpha value is -4.86. The van der Waals surface area contributed by atoms with Crippen molar-refractivity contribution < 1.29 is 0 Å². The second-order valence-corrected chi connectivity index (χ2v) is 8.11. The smallest absolute Gasteiger partial charge is 0.0992 e. The number of aromatic nitrogens is 1. The van der Waals surface area contributed by atoms with E-state index in [0.29, 0.717) is 11.1 Å². The lowest BCUT2D eigenvalue weighted by Crippen LogP contribution is -1.96. The minimum Gasteiger partial charge on any atom is -0.309 e. The maximum absolute atomic E-state index is 9.54. The van der Waals surface area contributed by atoms with E-state index in [1.807, 2.05) is 18.2 Å². The van der Waals surface area contributed by atoms with Gasteiger partial charge in [-0.2, -0.15) is 10.5 Å². The molecule has 0 amide bonds. The molecule has 1 heterocycles. The van der Waals surface area contributed by atoms with Gasteiger partial charge in [-0.3, -0.25) is 0 Å². The predicted octanol–water partition coefficient (Wildman–Crippen LogP) is 7.35. The summed E-state index contributed by atoms with van der Waals surface area (Å²) in [6.45, 7) is 0. The fraction of sp³-hybridized carbons (Fsp3) is 0. The summed E-state index contributed by atoms with van der Waals surface area (Å²) in [5.74, 6) is 0. The number of hydrogen-bond acceptors (Lipinski definition) is 2. The fourth-order valence-electron chi connectivity index (χ4n) is 4.75. The number of nitriles is 2. The number of nitrogens with zero attached hydrogens (tertiary/aromatic N) is 3. The molecule has 6 rings (SSSR count). The highest BCUT2D eigenvalue weighted by atomic mass is 15.0. The van der Waals surface area contributed by atoms with E-state index in [1.54, 1.807) is 6.07 Å². The van der Waals surface area contributed by atoms with Crippen molar-refractivity contribution in [3.63, 3.8) is 0 Å². The van der Waals surface area contributed by atoms with Gasteiger partial charge in [0.25, 0.3) is 0 Å². The first kappa shape index (κ1) is 18.9. The Balaban J connectivity index is 1.78. The van der Waals surface area contributed by atoms with E-state index in [4.69, 9.17) is 0 Å². The third kappa shape index (κ3) is 2.96. The van der Waals surface area contributed by atoms with E-state index >= 15 is 0 Å². The lowest BCUT2D eigenvalue weighted by Gasteiger charge is -2.10. The van der Waals surface area contributed by atoms with Gasteiger partial charge < -0.3 is 4.57 Å². The van der Waals surface area contributed by atoms with E-state index < -0.39 is 0 Å². The molecule has 0 saturated carbocycles. The second-order valence-electron chi connectivity index (χ2n) is 8.11. The summed E-state index contributed by atoms with van der Waals surface area (Å²) in [6, 6.07) is 39.3. The average molecular weight is 419 g/mol. The molecule has 0 fully saturated rings. The van der Waals surface area contributed by atoms with Crippen LogP contribution < -0.4 is 0 Å². The van der Waals surface area contributed by atoms with E-state index in [2.05, 4.69) is 95.6 Å². The Kier molecular flexibility index (Phi) is 4.22. The van der Waals surface area contributed by atoms with Crippen LogP contribution in [0, 0.1) is 22.7 Å². The number of hydrogen-bond donors (Lipinski definition) is 0. The predicted molar refractivity (Wildman–Crippen MR) is 133 cm³/mol. The molecule has 0 aliphatic carbocycles. The van der Waals surface area contributed by atoms with Crippen molar-refractivity contribution in [2.45, 2.75) is 0 Å². The Bertz CT molecular complexity index is 1750. The third-order valence-corrected chi connectivity index (χ3v) is 6.20. The monoisotopic (exact) mass is 419 g/mol. The molecule has 0 atom stereocenters. The molecule has 0 aliphatic heterocycles. The van der Waals surface area contributed by atoms with Gasteiger partial charge in [-0.25, -0.2) is 0 Å². The normalized spacial score (nSPS) is 11.0. The molecule has 152 valence electrons. The Morgan fingerprint density at radius 2 is 1.24 bits per heavy atom. The van der Waals surface area contributed by atoms with E-state index in [1.165, 1.54) is 21.7 Å². The van der Waals surface area contributed by atoms with Gasteiger partial charge in [0.15, 0.2) is 0 Å². The lowest BCUT2D eigenvalue weighted by molar-refractivity contribution is 1.17. The summed E-state index contributed by atoms with van der Waals surface area (Å²) >= 11 is 0. The quantitative estimate of drug-likeness (QED) is 0.295. The molecule has 3 heteroatoms. The summed E-state index contributed by atoms with van der Waals surface area (Å²) in [6.07, 6.45) is 0. The Morgan fingerprint density at radius 1 is 0.545 bits per heavy atom. The topological polar surface area (TPSA) is 52.5 Å². The molecule has 3 nitrogen and oxygen atoms in total. The SMILES string of the molecule is N#Cc1cc(C#N)cc(-n2c3ccc(-c4ccccc4)cc3c3c4ccccc4ccc32)c1. The van der Waals surface area contributed by atoms with Gasteiger partial charge in [0, 0.05) is 16.5 Å².